The summed E-state index contributed by atoms with van der Waals surface area (Å²) in [6, 6.07) is 14.2. The van der Waals surface area contributed by atoms with Crippen molar-refractivity contribution in [3.8, 4) is 5.75 Å². The molecule has 3 rings (SSSR count). The van der Waals surface area contributed by atoms with Gasteiger partial charge in [0.15, 0.2) is 0 Å². The SMILES string of the molecule is COc1ccc(S(=O)(=O)Nc2ccc(Cl)cc2C)cc1NC(=O)c1ccccc1F. The molecule has 0 aliphatic heterocycles. The van der Waals surface area contributed by atoms with Crippen LogP contribution < -0.4 is 14.8 Å². The molecule has 0 aliphatic carbocycles. The third kappa shape index (κ3) is 4.72. The van der Waals surface area contributed by atoms with E-state index in [1.165, 1.54) is 43.5 Å². The summed E-state index contributed by atoms with van der Waals surface area (Å²) in [6.07, 6.45) is 0. The number of hydrogen-bond acceptors (Lipinski definition) is 4. The van der Waals surface area contributed by atoms with E-state index in [1.807, 2.05) is 0 Å². The Balaban J connectivity index is 1.93. The maximum Gasteiger partial charge on any atom is 0.261 e. The molecule has 2 N–H and O–H groups in total. The summed E-state index contributed by atoms with van der Waals surface area (Å²) >= 11 is 5.91. The van der Waals surface area contributed by atoms with Crippen molar-refractivity contribution in [2.24, 2.45) is 0 Å². The van der Waals surface area contributed by atoms with Gasteiger partial charge in [-0.05, 0) is 61.0 Å². The second-order valence-electron chi connectivity index (χ2n) is 6.36. The number of anilines is 2. The lowest BCUT2D eigenvalue weighted by Gasteiger charge is -2.14. The van der Waals surface area contributed by atoms with Crippen LogP contribution in [-0.2, 0) is 10.0 Å². The first-order valence-corrected chi connectivity index (χ1v) is 10.6. The zero-order chi connectivity index (χ0) is 21.9. The second kappa shape index (κ2) is 8.73. The van der Waals surface area contributed by atoms with Crippen LogP contribution in [0.4, 0.5) is 15.8 Å². The van der Waals surface area contributed by atoms with Gasteiger partial charge in [-0.1, -0.05) is 23.7 Å². The molecule has 0 saturated heterocycles. The van der Waals surface area contributed by atoms with Crippen LogP contribution in [0.15, 0.2) is 65.6 Å². The molecule has 0 saturated carbocycles. The Labute approximate surface area is 178 Å². The Morgan fingerprint density at radius 3 is 2.43 bits per heavy atom. The highest BCUT2D eigenvalue weighted by Gasteiger charge is 2.20. The Bertz CT molecular complexity index is 1220. The molecule has 6 nitrogen and oxygen atoms in total. The van der Waals surface area contributed by atoms with E-state index in [2.05, 4.69) is 10.0 Å². The van der Waals surface area contributed by atoms with E-state index in [-0.39, 0.29) is 21.9 Å². The van der Waals surface area contributed by atoms with E-state index >= 15 is 0 Å². The van der Waals surface area contributed by atoms with Crippen molar-refractivity contribution >= 4 is 38.9 Å². The van der Waals surface area contributed by atoms with E-state index < -0.39 is 21.7 Å². The fourth-order valence-electron chi connectivity index (χ4n) is 2.73. The van der Waals surface area contributed by atoms with Gasteiger partial charge in [0.25, 0.3) is 15.9 Å². The number of rotatable bonds is 6. The molecular formula is C21H18ClFN2O4S. The quantitative estimate of drug-likeness (QED) is 0.564. The number of sulfonamides is 1. The molecule has 1 amide bonds. The molecule has 0 atom stereocenters. The summed E-state index contributed by atoms with van der Waals surface area (Å²) in [6.45, 7) is 1.72. The standard InChI is InChI=1S/C21H18ClFN2O4S/c1-13-11-14(22)7-9-18(13)25-30(27,28)15-8-10-20(29-2)19(12-15)24-21(26)16-5-3-4-6-17(16)23/h3-12,25H,1-2H3,(H,24,26). The maximum absolute atomic E-state index is 13.9. The van der Waals surface area contributed by atoms with Crippen LogP contribution in [0.1, 0.15) is 15.9 Å². The van der Waals surface area contributed by atoms with Gasteiger partial charge in [0.1, 0.15) is 11.6 Å². The summed E-state index contributed by atoms with van der Waals surface area (Å²) in [5, 5.41) is 2.98. The molecule has 3 aromatic carbocycles. The van der Waals surface area contributed by atoms with Gasteiger partial charge in [0.2, 0.25) is 0 Å². The second-order valence-corrected chi connectivity index (χ2v) is 8.48. The summed E-state index contributed by atoms with van der Waals surface area (Å²) in [5.74, 6) is -1.21. The van der Waals surface area contributed by atoms with Crippen LogP contribution in [0, 0.1) is 12.7 Å². The Morgan fingerprint density at radius 1 is 1.03 bits per heavy atom. The van der Waals surface area contributed by atoms with Crippen LogP contribution in [0.2, 0.25) is 5.02 Å². The molecule has 9 heteroatoms. The molecule has 0 spiro atoms. The molecule has 0 aromatic heterocycles. The van der Waals surface area contributed by atoms with E-state index in [0.717, 1.165) is 6.07 Å². The van der Waals surface area contributed by atoms with Crippen molar-refractivity contribution in [2.75, 3.05) is 17.1 Å². The van der Waals surface area contributed by atoms with E-state index in [9.17, 15) is 17.6 Å². The van der Waals surface area contributed by atoms with Crippen molar-refractivity contribution < 1.29 is 22.3 Å². The van der Waals surface area contributed by atoms with Gasteiger partial charge >= 0.3 is 0 Å². The minimum Gasteiger partial charge on any atom is -0.495 e. The molecule has 0 radical (unpaired) electrons. The zero-order valence-electron chi connectivity index (χ0n) is 16.1. The predicted molar refractivity (Wildman–Crippen MR) is 114 cm³/mol. The lowest BCUT2D eigenvalue weighted by atomic mass is 10.2. The van der Waals surface area contributed by atoms with Gasteiger partial charge in [0.05, 0.1) is 28.9 Å². The molecule has 0 unspecified atom stereocenters. The van der Waals surface area contributed by atoms with Gasteiger partial charge in [-0.2, -0.15) is 0 Å². The zero-order valence-corrected chi connectivity index (χ0v) is 17.6. The van der Waals surface area contributed by atoms with Crippen molar-refractivity contribution in [1.82, 2.24) is 0 Å². The molecule has 156 valence electrons. The van der Waals surface area contributed by atoms with Gasteiger partial charge in [-0.3, -0.25) is 9.52 Å². The summed E-state index contributed by atoms with van der Waals surface area (Å²) in [4.78, 5) is 12.3. The van der Waals surface area contributed by atoms with Gasteiger partial charge < -0.3 is 10.1 Å². The number of amides is 1. The summed E-state index contributed by atoms with van der Waals surface area (Å²) < 4.78 is 47.3. The third-order valence-electron chi connectivity index (χ3n) is 4.28. The highest BCUT2D eigenvalue weighted by molar-refractivity contribution is 7.92. The molecule has 0 fully saturated rings. The summed E-state index contributed by atoms with van der Waals surface area (Å²) in [7, 11) is -2.61. The van der Waals surface area contributed by atoms with Crippen LogP contribution in [0.3, 0.4) is 0 Å². The summed E-state index contributed by atoms with van der Waals surface area (Å²) in [5.41, 5.74) is 0.920. The maximum atomic E-state index is 13.9. The number of ether oxygens (including phenoxy) is 1. The number of carbonyl (C=O) groups is 1. The largest absolute Gasteiger partial charge is 0.495 e. The van der Waals surface area contributed by atoms with Crippen molar-refractivity contribution in [1.29, 1.82) is 0 Å². The smallest absolute Gasteiger partial charge is 0.261 e. The molecule has 30 heavy (non-hydrogen) atoms. The molecule has 0 heterocycles. The van der Waals surface area contributed by atoms with E-state index in [1.54, 1.807) is 25.1 Å². The van der Waals surface area contributed by atoms with Crippen LogP contribution in [-0.4, -0.2) is 21.4 Å². The van der Waals surface area contributed by atoms with Crippen molar-refractivity contribution in [2.45, 2.75) is 11.8 Å². The first-order valence-electron chi connectivity index (χ1n) is 8.74. The van der Waals surface area contributed by atoms with Gasteiger partial charge in [-0.15, -0.1) is 0 Å². The Hall–Kier alpha value is -3.10. The van der Waals surface area contributed by atoms with Crippen LogP contribution in [0.25, 0.3) is 0 Å². The van der Waals surface area contributed by atoms with Crippen molar-refractivity contribution in [3.05, 3.63) is 82.6 Å². The lowest BCUT2D eigenvalue weighted by molar-refractivity contribution is 0.102. The van der Waals surface area contributed by atoms with Crippen LogP contribution in [0.5, 0.6) is 5.75 Å². The minimum atomic E-state index is -3.98. The van der Waals surface area contributed by atoms with E-state index in [4.69, 9.17) is 16.3 Å². The lowest BCUT2D eigenvalue weighted by Crippen LogP contribution is -2.17. The minimum absolute atomic E-state index is 0.0847. The molecule has 0 bridgehead atoms. The fourth-order valence-corrected chi connectivity index (χ4v) is 4.12. The van der Waals surface area contributed by atoms with Gasteiger partial charge in [0, 0.05) is 5.02 Å². The first kappa shape index (κ1) is 21.6. The highest BCUT2D eigenvalue weighted by Crippen LogP contribution is 2.30. The highest BCUT2D eigenvalue weighted by atomic mass is 35.5. The number of halogens is 2. The molecule has 0 aliphatic rings. The first-order chi connectivity index (χ1) is 14.2. The number of carbonyl (C=O) groups excluding carboxylic acids is 1. The fraction of sp³-hybridized carbons (Fsp3) is 0.0952. The van der Waals surface area contributed by atoms with Crippen molar-refractivity contribution in [3.63, 3.8) is 0 Å². The number of aryl methyl sites for hydroxylation is 1. The average Bonchev–Trinajstić information content (AvgIpc) is 2.70. The third-order valence-corrected chi connectivity index (χ3v) is 5.88. The van der Waals surface area contributed by atoms with Crippen LogP contribution >= 0.6 is 11.6 Å². The number of benzene rings is 3. The Morgan fingerprint density at radius 2 is 1.77 bits per heavy atom. The van der Waals surface area contributed by atoms with Gasteiger partial charge in [-0.25, -0.2) is 12.8 Å². The van der Waals surface area contributed by atoms with E-state index in [0.29, 0.717) is 16.3 Å². The average molecular weight is 449 g/mol. The normalized spacial score (nSPS) is 11.1. The predicted octanol–water partition coefficient (Wildman–Crippen LogP) is 4.85. The topological polar surface area (TPSA) is 84.5 Å². The molecule has 3 aromatic rings. The number of nitrogens with one attached hydrogen (secondary N) is 2. The molecular weight excluding hydrogens is 431 g/mol. The monoisotopic (exact) mass is 448 g/mol. The number of hydrogen-bond donors (Lipinski definition) is 2. The Kier molecular flexibility index (Phi) is 6.28. The number of methoxy groups -OCH3 is 1.